The van der Waals surface area contributed by atoms with E-state index in [1.807, 2.05) is 0 Å². The number of hydrogen-bond donors (Lipinski definition) is 2. The number of carboxylic acid groups (broad SMARTS) is 1. The van der Waals surface area contributed by atoms with E-state index < -0.39 is 5.97 Å². The molecule has 1 atom stereocenters. The second-order valence-electron chi connectivity index (χ2n) is 4.12. The molecule has 17 heavy (non-hydrogen) atoms. The summed E-state index contributed by atoms with van der Waals surface area (Å²) < 4.78 is 0. The molecule has 0 saturated heterocycles. The van der Waals surface area contributed by atoms with Crippen LogP contribution in [-0.4, -0.2) is 17.1 Å². The molecule has 0 aliphatic heterocycles. The molecule has 90 valence electrons. The summed E-state index contributed by atoms with van der Waals surface area (Å²) in [6.45, 7) is 0. The molecule has 4 heteroatoms. The molecule has 1 unspecified atom stereocenters. The maximum atomic E-state index is 11.1. The first kappa shape index (κ1) is 12.0. The Kier molecular flexibility index (Phi) is 3.69. The number of rotatable bonds is 3. The molecular weight excluding hydrogens is 238 g/mol. The van der Waals surface area contributed by atoms with Crippen LogP contribution in [0.1, 0.15) is 29.6 Å². The average Bonchev–Trinajstić information content (AvgIpc) is 2.30. The monoisotopic (exact) mass is 251 g/mol. The fraction of sp³-hybridized carbons (Fsp3) is 0.308. The van der Waals surface area contributed by atoms with Crippen LogP contribution in [0.5, 0.6) is 0 Å². The van der Waals surface area contributed by atoms with Gasteiger partial charge in [0.1, 0.15) is 0 Å². The molecule has 0 fully saturated rings. The number of carboxylic acids is 1. The average molecular weight is 252 g/mol. The first-order valence-corrected chi connectivity index (χ1v) is 5.99. The van der Waals surface area contributed by atoms with E-state index in [1.54, 1.807) is 12.1 Å². The van der Waals surface area contributed by atoms with Crippen molar-refractivity contribution in [1.29, 1.82) is 0 Å². The predicted molar refractivity (Wildman–Crippen MR) is 68.8 cm³/mol. The summed E-state index contributed by atoms with van der Waals surface area (Å²) in [5.74, 6) is -0.935. The summed E-state index contributed by atoms with van der Waals surface area (Å²) >= 11 is 5.89. The number of carbonyl (C=O) groups is 1. The number of benzene rings is 1. The van der Waals surface area contributed by atoms with Crippen molar-refractivity contribution >= 4 is 23.3 Å². The quantitative estimate of drug-likeness (QED) is 0.808. The fourth-order valence-electron chi connectivity index (χ4n) is 1.97. The highest BCUT2D eigenvalue weighted by Gasteiger charge is 2.15. The molecular formula is C13H14ClNO2. The third-order valence-corrected chi connectivity index (χ3v) is 3.08. The minimum absolute atomic E-state index is 0.268. The molecule has 0 saturated carbocycles. The van der Waals surface area contributed by atoms with Crippen LogP contribution in [0.15, 0.2) is 30.4 Å². The highest BCUT2D eigenvalue weighted by Crippen LogP contribution is 2.24. The summed E-state index contributed by atoms with van der Waals surface area (Å²) in [6, 6.07) is 5.09. The van der Waals surface area contributed by atoms with Gasteiger partial charge in [-0.3, -0.25) is 0 Å². The molecule has 3 nitrogen and oxygen atoms in total. The normalized spacial score (nSPS) is 19.0. The van der Waals surface area contributed by atoms with Crippen molar-refractivity contribution in [1.82, 2.24) is 0 Å². The largest absolute Gasteiger partial charge is 0.478 e. The zero-order valence-electron chi connectivity index (χ0n) is 9.32. The lowest BCUT2D eigenvalue weighted by atomic mass is 10.0. The van der Waals surface area contributed by atoms with E-state index in [1.165, 1.54) is 6.07 Å². The zero-order valence-corrected chi connectivity index (χ0v) is 10.1. The predicted octanol–water partition coefficient (Wildman–Crippen LogP) is 3.56. The number of anilines is 1. The first-order valence-electron chi connectivity index (χ1n) is 5.61. The Labute approximate surface area is 105 Å². The van der Waals surface area contributed by atoms with Crippen LogP contribution < -0.4 is 5.32 Å². The van der Waals surface area contributed by atoms with Gasteiger partial charge in [-0.1, -0.05) is 23.8 Å². The number of halogens is 1. The Morgan fingerprint density at radius 3 is 2.88 bits per heavy atom. The van der Waals surface area contributed by atoms with Gasteiger partial charge >= 0.3 is 5.97 Å². The van der Waals surface area contributed by atoms with Crippen LogP contribution >= 0.6 is 11.6 Å². The van der Waals surface area contributed by atoms with Gasteiger partial charge in [0.2, 0.25) is 0 Å². The summed E-state index contributed by atoms with van der Waals surface area (Å²) in [4.78, 5) is 11.1. The second-order valence-corrected chi connectivity index (χ2v) is 4.56. The summed E-state index contributed by atoms with van der Waals surface area (Å²) in [5.41, 5.74) is 0.870. The van der Waals surface area contributed by atoms with Crippen molar-refractivity contribution in [2.75, 3.05) is 5.32 Å². The van der Waals surface area contributed by atoms with E-state index >= 15 is 0 Å². The second kappa shape index (κ2) is 5.23. The molecule has 1 aromatic rings. The molecule has 0 aromatic heterocycles. The van der Waals surface area contributed by atoms with Crippen molar-refractivity contribution in [3.05, 3.63) is 40.9 Å². The van der Waals surface area contributed by atoms with E-state index in [2.05, 4.69) is 17.5 Å². The Morgan fingerprint density at radius 2 is 2.24 bits per heavy atom. The van der Waals surface area contributed by atoms with Crippen molar-refractivity contribution in [3.63, 3.8) is 0 Å². The van der Waals surface area contributed by atoms with Crippen LogP contribution in [0.3, 0.4) is 0 Å². The summed E-state index contributed by atoms with van der Waals surface area (Å²) in [5, 5.41) is 12.9. The summed E-state index contributed by atoms with van der Waals surface area (Å²) in [7, 11) is 0. The van der Waals surface area contributed by atoms with Gasteiger partial charge < -0.3 is 10.4 Å². The molecule has 1 aromatic carbocycles. The van der Waals surface area contributed by atoms with E-state index in [9.17, 15) is 4.79 Å². The number of aromatic carboxylic acids is 1. The molecule has 1 aliphatic carbocycles. The van der Waals surface area contributed by atoms with Crippen LogP contribution in [0.25, 0.3) is 0 Å². The Morgan fingerprint density at radius 1 is 1.41 bits per heavy atom. The lowest BCUT2D eigenvalue weighted by molar-refractivity contribution is 0.0698. The van der Waals surface area contributed by atoms with Gasteiger partial charge in [-0.05, 0) is 37.5 Å². The molecule has 2 N–H and O–H groups in total. The van der Waals surface area contributed by atoms with Gasteiger partial charge in [0.05, 0.1) is 11.3 Å². The van der Waals surface area contributed by atoms with E-state index in [0.29, 0.717) is 10.7 Å². The van der Waals surface area contributed by atoms with E-state index in [0.717, 1.165) is 19.3 Å². The van der Waals surface area contributed by atoms with Gasteiger partial charge in [-0.2, -0.15) is 0 Å². The lowest BCUT2D eigenvalue weighted by Gasteiger charge is -2.21. The van der Waals surface area contributed by atoms with Crippen LogP contribution in [0, 0.1) is 0 Å². The standard InChI is InChI=1S/C13H14ClNO2/c14-9-6-7-11(13(16)17)12(8-9)15-10-4-2-1-3-5-10/h1-2,6-8,10,15H,3-5H2,(H,16,17). The third kappa shape index (κ3) is 3.01. The van der Waals surface area contributed by atoms with Crippen molar-refractivity contribution in [2.45, 2.75) is 25.3 Å². The van der Waals surface area contributed by atoms with Crippen LogP contribution in [0.4, 0.5) is 5.69 Å². The molecule has 0 amide bonds. The van der Waals surface area contributed by atoms with E-state index in [-0.39, 0.29) is 11.6 Å². The van der Waals surface area contributed by atoms with Crippen LogP contribution in [-0.2, 0) is 0 Å². The number of nitrogens with one attached hydrogen (secondary N) is 1. The van der Waals surface area contributed by atoms with Gasteiger partial charge in [-0.15, -0.1) is 0 Å². The zero-order chi connectivity index (χ0) is 12.3. The molecule has 0 bridgehead atoms. The van der Waals surface area contributed by atoms with Gasteiger partial charge in [0.25, 0.3) is 0 Å². The topological polar surface area (TPSA) is 49.3 Å². The number of allylic oxidation sites excluding steroid dienone is 1. The Bertz CT molecular complexity index is 457. The first-order chi connectivity index (χ1) is 8.16. The highest BCUT2D eigenvalue weighted by atomic mass is 35.5. The van der Waals surface area contributed by atoms with Gasteiger partial charge in [0.15, 0.2) is 0 Å². The third-order valence-electron chi connectivity index (χ3n) is 2.84. The van der Waals surface area contributed by atoms with Crippen molar-refractivity contribution in [3.8, 4) is 0 Å². The Balaban J connectivity index is 2.21. The van der Waals surface area contributed by atoms with Crippen molar-refractivity contribution < 1.29 is 9.90 Å². The van der Waals surface area contributed by atoms with Gasteiger partial charge in [-0.25, -0.2) is 4.79 Å². The Hall–Kier alpha value is -1.48. The molecule has 0 spiro atoms. The fourth-order valence-corrected chi connectivity index (χ4v) is 2.14. The molecule has 1 aliphatic rings. The minimum atomic E-state index is -0.935. The smallest absolute Gasteiger partial charge is 0.337 e. The maximum Gasteiger partial charge on any atom is 0.337 e. The SMILES string of the molecule is O=C(O)c1ccc(Cl)cc1NC1CC=CCC1. The summed E-state index contributed by atoms with van der Waals surface area (Å²) in [6.07, 6.45) is 7.23. The lowest BCUT2D eigenvalue weighted by Crippen LogP contribution is -2.21. The molecule has 0 radical (unpaired) electrons. The maximum absolute atomic E-state index is 11.1. The molecule has 0 heterocycles. The minimum Gasteiger partial charge on any atom is -0.478 e. The number of hydrogen-bond acceptors (Lipinski definition) is 2. The van der Waals surface area contributed by atoms with E-state index in [4.69, 9.17) is 16.7 Å². The highest BCUT2D eigenvalue weighted by molar-refractivity contribution is 6.31. The van der Waals surface area contributed by atoms with Crippen molar-refractivity contribution in [2.24, 2.45) is 0 Å². The van der Waals surface area contributed by atoms with Crippen LogP contribution in [0.2, 0.25) is 5.02 Å². The van der Waals surface area contributed by atoms with Gasteiger partial charge in [0, 0.05) is 11.1 Å². The molecule has 2 rings (SSSR count).